The highest BCUT2D eigenvalue weighted by Crippen LogP contribution is 2.32. The Bertz CT molecular complexity index is 537. The molecule has 0 amide bonds. The van der Waals surface area contributed by atoms with Crippen LogP contribution in [0.2, 0.25) is 0 Å². The molecule has 0 spiro atoms. The van der Waals surface area contributed by atoms with Crippen LogP contribution in [0.5, 0.6) is 17.2 Å². The minimum Gasteiger partial charge on any atom is -0.493 e. The minimum atomic E-state index is -0.00259. The van der Waals surface area contributed by atoms with Gasteiger partial charge in [-0.05, 0) is 36.2 Å². The Morgan fingerprint density at radius 3 is 2.20 bits per heavy atom. The molecule has 0 aliphatic rings. The second kappa shape index (κ2) is 6.85. The molecule has 2 rings (SSSR count). The molecule has 0 bridgehead atoms. The van der Waals surface area contributed by atoms with Gasteiger partial charge in [-0.15, -0.1) is 0 Å². The molecule has 0 N–H and O–H groups in total. The van der Waals surface area contributed by atoms with Crippen molar-refractivity contribution in [2.45, 2.75) is 19.4 Å². The highest BCUT2D eigenvalue weighted by Gasteiger charge is 2.14. The van der Waals surface area contributed by atoms with Crippen LogP contribution in [0.3, 0.4) is 0 Å². The summed E-state index contributed by atoms with van der Waals surface area (Å²) in [5.41, 5.74) is 1.08. The highest BCUT2D eigenvalue weighted by molar-refractivity contribution is 5.43. The van der Waals surface area contributed by atoms with E-state index in [4.69, 9.17) is 14.2 Å². The predicted molar refractivity (Wildman–Crippen MR) is 79.6 cm³/mol. The average molecular weight is 272 g/mol. The summed E-state index contributed by atoms with van der Waals surface area (Å²) in [7, 11) is 3.27. The van der Waals surface area contributed by atoms with E-state index >= 15 is 0 Å². The van der Waals surface area contributed by atoms with Crippen molar-refractivity contribution in [2.24, 2.45) is 0 Å². The van der Waals surface area contributed by atoms with Crippen molar-refractivity contribution in [1.82, 2.24) is 0 Å². The second-order valence-corrected chi connectivity index (χ2v) is 4.44. The number of methoxy groups -OCH3 is 2. The molecule has 3 nitrogen and oxygen atoms in total. The van der Waals surface area contributed by atoms with Crippen LogP contribution >= 0.6 is 0 Å². The quantitative estimate of drug-likeness (QED) is 0.787. The standard InChI is InChI=1S/C17H20O3/c1-4-15(20-14-8-6-5-7-9-14)13-10-11-16(18-2)17(12-13)19-3/h5-12,15H,4H2,1-3H3. The molecular weight excluding hydrogens is 252 g/mol. The minimum absolute atomic E-state index is 0.00259. The Morgan fingerprint density at radius 2 is 1.60 bits per heavy atom. The molecule has 0 saturated heterocycles. The molecule has 0 aliphatic carbocycles. The van der Waals surface area contributed by atoms with E-state index in [0.717, 1.165) is 29.2 Å². The van der Waals surface area contributed by atoms with Gasteiger partial charge in [-0.1, -0.05) is 31.2 Å². The molecule has 3 heteroatoms. The van der Waals surface area contributed by atoms with Crippen molar-refractivity contribution in [1.29, 1.82) is 0 Å². The zero-order valence-electron chi connectivity index (χ0n) is 12.1. The summed E-state index contributed by atoms with van der Waals surface area (Å²) in [4.78, 5) is 0. The third kappa shape index (κ3) is 3.23. The zero-order valence-corrected chi connectivity index (χ0v) is 12.1. The van der Waals surface area contributed by atoms with Gasteiger partial charge >= 0.3 is 0 Å². The van der Waals surface area contributed by atoms with E-state index in [9.17, 15) is 0 Å². The molecule has 2 aromatic carbocycles. The predicted octanol–water partition coefficient (Wildman–Crippen LogP) is 4.23. The molecule has 2 aromatic rings. The lowest BCUT2D eigenvalue weighted by molar-refractivity contribution is 0.200. The molecule has 0 aliphatic heterocycles. The summed E-state index contributed by atoms with van der Waals surface area (Å²) < 4.78 is 16.6. The molecule has 0 saturated carbocycles. The first kappa shape index (κ1) is 14.3. The molecule has 0 heterocycles. The van der Waals surface area contributed by atoms with E-state index in [-0.39, 0.29) is 6.10 Å². The fourth-order valence-corrected chi connectivity index (χ4v) is 2.10. The molecule has 106 valence electrons. The summed E-state index contributed by atoms with van der Waals surface area (Å²) in [6, 6.07) is 15.7. The van der Waals surface area contributed by atoms with Gasteiger partial charge < -0.3 is 14.2 Å². The van der Waals surface area contributed by atoms with E-state index in [1.54, 1.807) is 14.2 Å². The summed E-state index contributed by atoms with van der Waals surface area (Å²) in [5, 5.41) is 0. The molecular formula is C17H20O3. The Balaban J connectivity index is 2.23. The maximum absolute atomic E-state index is 6.03. The van der Waals surface area contributed by atoms with Gasteiger partial charge in [0.1, 0.15) is 11.9 Å². The Morgan fingerprint density at radius 1 is 0.900 bits per heavy atom. The molecule has 0 radical (unpaired) electrons. The molecule has 1 unspecified atom stereocenters. The number of rotatable bonds is 6. The number of hydrogen-bond donors (Lipinski definition) is 0. The normalized spacial score (nSPS) is 11.8. The van der Waals surface area contributed by atoms with Crippen molar-refractivity contribution < 1.29 is 14.2 Å². The van der Waals surface area contributed by atoms with Gasteiger partial charge in [-0.2, -0.15) is 0 Å². The van der Waals surface area contributed by atoms with Crippen LogP contribution in [-0.2, 0) is 0 Å². The van der Waals surface area contributed by atoms with Crippen LogP contribution in [0.1, 0.15) is 25.0 Å². The number of hydrogen-bond acceptors (Lipinski definition) is 3. The van der Waals surface area contributed by atoms with Gasteiger partial charge in [0.05, 0.1) is 14.2 Å². The third-order valence-corrected chi connectivity index (χ3v) is 3.17. The van der Waals surface area contributed by atoms with Crippen LogP contribution < -0.4 is 14.2 Å². The SMILES string of the molecule is CCC(Oc1ccccc1)c1ccc(OC)c(OC)c1. The Kier molecular flexibility index (Phi) is 4.88. The van der Waals surface area contributed by atoms with Crippen molar-refractivity contribution in [3.05, 3.63) is 54.1 Å². The zero-order chi connectivity index (χ0) is 14.4. The molecule has 0 fully saturated rings. The summed E-state index contributed by atoms with van der Waals surface area (Å²) in [5.74, 6) is 2.32. The lowest BCUT2D eigenvalue weighted by atomic mass is 10.1. The number of benzene rings is 2. The number of ether oxygens (including phenoxy) is 3. The van der Waals surface area contributed by atoms with Crippen molar-refractivity contribution in [3.8, 4) is 17.2 Å². The second-order valence-electron chi connectivity index (χ2n) is 4.44. The van der Waals surface area contributed by atoms with Crippen LogP contribution in [0.15, 0.2) is 48.5 Å². The largest absolute Gasteiger partial charge is 0.493 e. The average Bonchev–Trinajstić information content (AvgIpc) is 2.53. The van der Waals surface area contributed by atoms with Gasteiger partial charge in [0.2, 0.25) is 0 Å². The van der Waals surface area contributed by atoms with Crippen LogP contribution in [0, 0.1) is 0 Å². The highest BCUT2D eigenvalue weighted by atomic mass is 16.5. The van der Waals surface area contributed by atoms with Crippen molar-refractivity contribution in [2.75, 3.05) is 14.2 Å². The van der Waals surface area contributed by atoms with E-state index in [1.165, 1.54) is 0 Å². The molecule has 1 atom stereocenters. The fraction of sp³-hybridized carbons (Fsp3) is 0.294. The maximum Gasteiger partial charge on any atom is 0.161 e. The van der Waals surface area contributed by atoms with E-state index in [2.05, 4.69) is 6.92 Å². The van der Waals surface area contributed by atoms with Crippen molar-refractivity contribution >= 4 is 0 Å². The van der Waals surface area contributed by atoms with Crippen LogP contribution in [0.25, 0.3) is 0 Å². The summed E-state index contributed by atoms with van der Waals surface area (Å²) in [6.07, 6.45) is 0.877. The van der Waals surface area contributed by atoms with Crippen LogP contribution in [-0.4, -0.2) is 14.2 Å². The van der Waals surface area contributed by atoms with Gasteiger partial charge in [-0.25, -0.2) is 0 Å². The van der Waals surface area contributed by atoms with Gasteiger partial charge in [0, 0.05) is 0 Å². The summed E-state index contributed by atoms with van der Waals surface area (Å²) >= 11 is 0. The van der Waals surface area contributed by atoms with Crippen LogP contribution in [0.4, 0.5) is 0 Å². The van der Waals surface area contributed by atoms with E-state index in [1.807, 2.05) is 48.5 Å². The fourth-order valence-electron chi connectivity index (χ4n) is 2.10. The third-order valence-electron chi connectivity index (χ3n) is 3.17. The molecule has 0 aromatic heterocycles. The first-order chi connectivity index (χ1) is 9.78. The monoisotopic (exact) mass is 272 g/mol. The topological polar surface area (TPSA) is 27.7 Å². The van der Waals surface area contributed by atoms with E-state index < -0.39 is 0 Å². The maximum atomic E-state index is 6.03. The Labute approximate surface area is 120 Å². The van der Waals surface area contributed by atoms with Gasteiger partial charge in [0.25, 0.3) is 0 Å². The first-order valence-electron chi connectivity index (χ1n) is 6.72. The number of para-hydroxylation sites is 1. The van der Waals surface area contributed by atoms with Gasteiger partial charge in [-0.3, -0.25) is 0 Å². The lowest BCUT2D eigenvalue weighted by Gasteiger charge is -2.19. The lowest BCUT2D eigenvalue weighted by Crippen LogP contribution is -2.07. The van der Waals surface area contributed by atoms with Crippen molar-refractivity contribution in [3.63, 3.8) is 0 Å². The first-order valence-corrected chi connectivity index (χ1v) is 6.72. The smallest absolute Gasteiger partial charge is 0.161 e. The van der Waals surface area contributed by atoms with E-state index in [0.29, 0.717) is 0 Å². The summed E-state index contributed by atoms with van der Waals surface area (Å²) in [6.45, 7) is 2.10. The van der Waals surface area contributed by atoms with Gasteiger partial charge in [0.15, 0.2) is 11.5 Å². The Hall–Kier alpha value is -2.16. The molecule has 20 heavy (non-hydrogen) atoms.